The molecule has 11 heteroatoms. The number of rotatable bonds is 6. The smallest absolute Gasteiger partial charge is 0.347 e. The molecule has 0 bridgehead atoms. The molecule has 0 aliphatic carbocycles. The van der Waals surface area contributed by atoms with E-state index >= 15 is 0 Å². The molecule has 24 heavy (non-hydrogen) atoms. The van der Waals surface area contributed by atoms with Crippen LogP contribution < -0.4 is 0 Å². The van der Waals surface area contributed by atoms with Crippen molar-refractivity contribution in [1.82, 2.24) is 10.2 Å². The van der Waals surface area contributed by atoms with E-state index in [1.54, 1.807) is 6.07 Å². The number of H-pyrrole nitrogens is 1. The van der Waals surface area contributed by atoms with Crippen LogP contribution in [-0.4, -0.2) is 23.9 Å². The van der Waals surface area contributed by atoms with E-state index in [1.165, 1.54) is 13.2 Å². The molecular weight excluding hydrogens is 520 g/mol. The van der Waals surface area contributed by atoms with Crippen LogP contribution in [0.2, 0.25) is 15.1 Å². The molecule has 1 aromatic carbocycles. The molecule has 2 aromatic rings. The Morgan fingerprint density at radius 2 is 1.83 bits per heavy atom. The number of methoxy groups -OCH3 is 1. The van der Waals surface area contributed by atoms with Crippen LogP contribution in [0.1, 0.15) is 21.3 Å². The first-order valence-corrected chi connectivity index (χ1v) is 9.20. The van der Waals surface area contributed by atoms with Gasteiger partial charge in [0.15, 0.2) is 0 Å². The maximum atomic E-state index is 12.4. The number of benzene rings is 1. The summed E-state index contributed by atoms with van der Waals surface area (Å²) < 4.78 is 33.9. The summed E-state index contributed by atoms with van der Waals surface area (Å²) in [7, 11) is 1.21. The lowest BCUT2D eigenvalue weighted by Gasteiger charge is -2.14. The fourth-order valence-corrected chi connectivity index (χ4v) is 3.80. The van der Waals surface area contributed by atoms with Crippen LogP contribution in [-0.2, 0) is 9.47 Å². The van der Waals surface area contributed by atoms with E-state index in [-0.39, 0.29) is 20.1 Å². The third kappa shape index (κ3) is 4.41. The largest absolute Gasteiger partial charge is 0.350 e. The Balaban J connectivity index is 2.50. The van der Waals surface area contributed by atoms with Gasteiger partial charge in [0.1, 0.15) is 11.4 Å². The lowest BCUT2D eigenvalue weighted by atomic mass is 10.1. The van der Waals surface area contributed by atoms with Crippen LogP contribution in [0.25, 0.3) is 11.3 Å². The molecule has 0 aliphatic rings. The number of alkyl halides is 4. The first kappa shape index (κ1) is 20.4. The predicted molar refractivity (Wildman–Crippen MR) is 96.5 cm³/mol. The van der Waals surface area contributed by atoms with Gasteiger partial charge in [0.25, 0.3) is 0 Å². The molecule has 0 saturated carbocycles. The minimum atomic E-state index is -3.04. The molecule has 132 valence electrons. The van der Waals surface area contributed by atoms with E-state index in [4.69, 9.17) is 39.5 Å². The van der Waals surface area contributed by atoms with Crippen LogP contribution in [0.3, 0.4) is 0 Å². The summed E-state index contributed by atoms with van der Waals surface area (Å²) in [6.45, 7) is -3.04. The van der Waals surface area contributed by atoms with E-state index in [0.29, 0.717) is 21.2 Å². The molecule has 1 N–H and O–H groups in total. The fraction of sp³-hybridized carbons (Fsp3) is 0.308. The van der Waals surface area contributed by atoms with Gasteiger partial charge in [0.2, 0.25) is 6.29 Å². The van der Waals surface area contributed by atoms with Gasteiger partial charge in [0, 0.05) is 17.7 Å². The number of nitrogens with zero attached hydrogens (tertiary/aromatic N) is 1. The highest BCUT2D eigenvalue weighted by Gasteiger charge is 2.26. The van der Waals surface area contributed by atoms with Crippen LogP contribution in [0, 0.1) is 0 Å². The molecule has 0 aliphatic heterocycles. The Morgan fingerprint density at radius 1 is 1.17 bits per heavy atom. The molecule has 0 spiro atoms. The van der Waals surface area contributed by atoms with Gasteiger partial charge < -0.3 is 4.74 Å². The summed E-state index contributed by atoms with van der Waals surface area (Å²) in [5.41, 5.74) is 1.48. The third-order valence-corrected chi connectivity index (χ3v) is 4.99. The van der Waals surface area contributed by atoms with Gasteiger partial charge in [-0.25, -0.2) is 0 Å². The van der Waals surface area contributed by atoms with Crippen molar-refractivity contribution in [3.63, 3.8) is 0 Å². The molecule has 2 rings (SSSR count). The number of ether oxygens (including phenoxy) is 2. The van der Waals surface area contributed by atoms with Gasteiger partial charge in [0.05, 0.1) is 13.8 Å². The van der Waals surface area contributed by atoms with Crippen LogP contribution in [0.15, 0.2) is 12.1 Å². The topological polar surface area (TPSA) is 47.1 Å². The van der Waals surface area contributed by atoms with Crippen molar-refractivity contribution < 1.29 is 18.3 Å². The first-order valence-electron chi connectivity index (χ1n) is 6.23. The maximum absolute atomic E-state index is 12.4. The molecule has 1 heterocycles. The minimum Gasteiger partial charge on any atom is -0.350 e. The highest BCUT2D eigenvalue weighted by molar-refractivity contribution is 9.24. The zero-order valence-electron chi connectivity index (χ0n) is 11.8. The Hall–Kier alpha value is 0.0400. The minimum absolute atomic E-state index is 0.0521. The van der Waals surface area contributed by atoms with Crippen molar-refractivity contribution in [2.75, 3.05) is 7.11 Å². The lowest BCUT2D eigenvalue weighted by molar-refractivity contribution is -0.243. The second-order valence-electron chi connectivity index (χ2n) is 4.42. The second kappa shape index (κ2) is 8.62. The fourth-order valence-electron chi connectivity index (χ4n) is 1.93. The standard InChI is InChI=1S/C13H9Br2Cl3F2N2O2/c1-23-12(24-13(19)20)10-8(18)9(21-22-10)4-2-5(11(14)15)7(17)3-6(4)16/h2-3,11-13H,1H3,(H,21,22). The van der Waals surface area contributed by atoms with Crippen molar-refractivity contribution in [3.05, 3.63) is 38.5 Å². The summed E-state index contributed by atoms with van der Waals surface area (Å²) in [4.78, 5) is 0. The van der Waals surface area contributed by atoms with E-state index in [9.17, 15) is 8.78 Å². The molecule has 0 amide bonds. The van der Waals surface area contributed by atoms with E-state index in [2.05, 4.69) is 46.8 Å². The second-order valence-corrected chi connectivity index (χ2v) is 8.67. The number of halogens is 7. The van der Waals surface area contributed by atoms with Gasteiger partial charge in [-0.2, -0.15) is 13.9 Å². The number of aromatic amines is 1. The number of nitrogens with one attached hydrogen (secondary N) is 1. The number of aromatic nitrogens is 2. The van der Waals surface area contributed by atoms with Crippen molar-refractivity contribution in [3.8, 4) is 11.3 Å². The van der Waals surface area contributed by atoms with Crippen LogP contribution in [0.4, 0.5) is 8.78 Å². The monoisotopic (exact) mass is 526 g/mol. The first-order chi connectivity index (χ1) is 11.3. The molecule has 0 radical (unpaired) electrons. The predicted octanol–water partition coefficient (Wildman–Crippen LogP) is 6.71. The zero-order valence-corrected chi connectivity index (χ0v) is 17.2. The normalized spacial score (nSPS) is 13.1. The van der Waals surface area contributed by atoms with Gasteiger partial charge in [-0.05, 0) is 17.7 Å². The summed E-state index contributed by atoms with van der Waals surface area (Å²) in [6, 6.07) is 3.22. The quantitative estimate of drug-likeness (QED) is 0.334. The summed E-state index contributed by atoms with van der Waals surface area (Å²) in [5.74, 6) is 0. The maximum Gasteiger partial charge on any atom is 0.347 e. The average molecular weight is 529 g/mol. The molecule has 1 aromatic heterocycles. The summed E-state index contributed by atoms with van der Waals surface area (Å²) in [6.07, 6.45) is -1.40. The van der Waals surface area contributed by atoms with Crippen LogP contribution in [0.5, 0.6) is 0 Å². The lowest BCUT2D eigenvalue weighted by Crippen LogP contribution is -2.11. The third-order valence-electron chi connectivity index (χ3n) is 2.99. The molecule has 0 fully saturated rings. The Kier molecular flexibility index (Phi) is 7.31. The highest BCUT2D eigenvalue weighted by atomic mass is 79.9. The van der Waals surface area contributed by atoms with Crippen molar-refractivity contribution in [1.29, 1.82) is 0 Å². The Labute approximate surface area is 168 Å². The van der Waals surface area contributed by atoms with Crippen molar-refractivity contribution >= 4 is 66.7 Å². The van der Waals surface area contributed by atoms with Gasteiger partial charge in [-0.15, -0.1) is 0 Å². The molecule has 4 nitrogen and oxygen atoms in total. The molecule has 0 saturated heterocycles. The van der Waals surface area contributed by atoms with Gasteiger partial charge in [-0.3, -0.25) is 9.84 Å². The molecule has 1 atom stereocenters. The van der Waals surface area contributed by atoms with Gasteiger partial charge >= 0.3 is 6.61 Å². The van der Waals surface area contributed by atoms with E-state index in [1.807, 2.05) is 0 Å². The van der Waals surface area contributed by atoms with Crippen LogP contribution >= 0.6 is 66.7 Å². The van der Waals surface area contributed by atoms with E-state index < -0.39 is 12.9 Å². The zero-order chi connectivity index (χ0) is 18.0. The Bertz CT molecular complexity index is 731. The summed E-state index contributed by atoms with van der Waals surface area (Å²) >= 11 is 25.3. The number of hydrogen-bond acceptors (Lipinski definition) is 3. The summed E-state index contributed by atoms with van der Waals surface area (Å²) in [5, 5.41) is 7.36. The van der Waals surface area contributed by atoms with Crippen molar-refractivity contribution in [2.45, 2.75) is 16.6 Å². The number of hydrogen-bond donors (Lipinski definition) is 1. The van der Waals surface area contributed by atoms with Gasteiger partial charge in [-0.1, -0.05) is 66.7 Å². The van der Waals surface area contributed by atoms with Crippen molar-refractivity contribution in [2.24, 2.45) is 0 Å². The SMILES string of the molecule is COC(OC(F)F)c1[nH]nc(-c2cc(C(Br)Br)c(Cl)cc2Cl)c1Cl. The molecule has 1 unspecified atom stereocenters. The average Bonchev–Trinajstić information content (AvgIpc) is 2.86. The van der Waals surface area contributed by atoms with E-state index in [0.717, 1.165) is 0 Å². The Morgan fingerprint density at radius 3 is 2.38 bits per heavy atom. The highest BCUT2D eigenvalue weighted by Crippen LogP contribution is 2.42. The molecular formula is C13H9Br2Cl3F2N2O2.